The summed E-state index contributed by atoms with van der Waals surface area (Å²) in [6, 6.07) is 4.06. The van der Waals surface area contributed by atoms with E-state index in [1.807, 2.05) is 4.90 Å². The SMILES string of the molecule is COC(=O)c1cc([N+](=O)[O-])ccc1N1CCC[C@H](C(=O)Nc2nncs2)C1. The summed E-state index contributed by atoms with van der Waals surface area (Å²) in [5, 5.41) is 21.7. The molecule has 1 atom stereocenters. The fraction of sp³-hybridized carbons (Fsp3) is 0.375. The monoisotopic (exact) mass is 391 g/mol. The first-order valence-corrected chi connectivity index (χ1v) is 9.06. The number of aromatic nitrogens is 2. The van der Waals surface area contributed by atoms with E-state index >= 15 is 0 Å². The zero-order chi connectivity index (χ0) is 19.4. The summed E-state index contributed by atoms with van der Waals surface area (Å²) in [6.07, 6.45) is 1.44. The lowest BCUT2D eigenvalue weighted by atomic mass is 9.96. The zero-order valence-electron chi connectivity index (χ0n) is 14.5. The van der Waals surface area contributed by atoms with Crippen molar-refractivity contribution >= 4 is 39.7 Å². The molecule has 11 heteroatoms. The molecule has 1 fully saturated rings. The van der Waals surface area contributed by atoms with E-state index in [2.05, 4.69) is 15.5 Å². The molecule has 0 saturated carbocycles. The third-order valence-electron chi connectivity index (χ3n) is 4.32. The van der Waals surface area contributed by atoms with E-state index in [4.69, 9.17) is 4.74 Å². The molecule has 0 spiro atoms. The Labute approximate surface area is 158 Å². The second-order valence-electron chi connectivity index (χ2n) is 5.97. The molecule has 0 bridgehead atoms. The van der Waals surface area contributed by atoms with Crippen molar-refractivity contribution in [3.8, 4) is 0 Å². The number of hydrogen-bond donors (Lipinski definition) is 1. The molecule has 142 valence electrons. The van der Waals surface area contributed by atoms with Gasteiger partial charge in [0.25, 0.3) is 5.69 Å². The smallest absolute Gasteiger partial charge is 0.340 e. The van der Waals surface area contributed by atoms with Crippen LogP contribution in [0.3, 0.4) is 0 Å². The number of ether oxygens (including phenoxy) is 1. The van der Waals surface area contributed by atoms with Gasteiger partial charge in [-0.15, -0.1) is 10.2 Å². The second-order valence-corrected chi connectivity index (χ2v) is 6.80. The number of nitrogens with zero attached hydrogens (tertiary/aromatic N) is 4. The fourth-order valence-electron chi connectivity index (χ4n) is 3.03. The molecule has 1 amide bonds. The van der Waals surface area contributed by atoms with Crippen molar-refractivity contribution in [2.45, 2.75) is 12.8 Å². The molecule has 10 nitrogen and oxygen atoms in total. The molecule has 1 aromatic carbocycles. The molecule has 27 heavy (non-hydrogen) atoms. The molecule has 1 aliphatic rings. The van der Waals surface area contributed by atoms with Crippen LogP contribution in [-0.4, -0.2) is 47.2 Å². The number of hydrogen-bond acceptors (Lipinski definition) is 9. The number of nitro benzene ring substituents is 1. The highest BCUT2D eigenvalue weighted by molar-refractivity contribution is 7.13. The van der Waals surface area contributed by atoms with Gasteiger partial charge in [0.1, 0.15) is 5.51 Å². The summed E-state index contributed by atoms with van der Waals surface area (Å²) < 4.78 is 4.77. The number of nitrogens with one attached hydrogen (secondary N) is 1. The van der Waals surface area contributed by atoms with Gasteiger partial charge in [0.15, 0.2) is 0 Å². The summed E-state index contributed by atoms with van der Waals surface area (Å²) in [4.78, 5) is 36.9. The van der Waals surface area contributed by atoms with Gasteiger partial charge in [-0.3, -0.25) is 14.9 Å². The highest BCUT2D eigenvalue weighted by Crippen LogP contribution is 2.30. The molecule has 0 aliphatic carbocycles. The van der Waals surface area contributed by atoms with Gasteiger partial charge in [-0.25, -0.2) is 4.79 Å². The van der Waals surface area contributed by atoms with Crippen molar-refractivity contribution in [1.29, 1.82) is 0 Å². The van der Waals surface area contributed by atoms with Gasteiger partial charge in [-0.2, -0.15) is 0 Å². The van der Waals surface area contributed by atoms with Gasteiger partial charge in [0.2, 0.25) is 11.0 Å². The van der Waals surface area contributed by atoms with Gasteiger partial charge in [0, 0.05) is 25.2 Å². The Bertz CT molecular complexity index is 857. The van der Waals surface area contributed by atoms with Gasteiger partial charge in [0.05, 0.1) is 29.2 Å². The van der Waals surface area contributed by atoms with Crippen molar-refractivity contribution in [3.05, 3.63) is 39.4 Å². The number of amides is 1. The number of methoxy groups -OCH3 is 1. The maximum absolute atomic E-state index is 12.5. The van der Waals surface area contributed by atoms with E-state index in [9.17, 15) is 19.7 Å². The van der Waals surface area contributed by atoms with Crippen LogP contribution >= 0.6 is 11.3 Å². The zero-order valence-corrected chi connectivity index (χ0v) is 15.3. The minimum atomic E-state index is -0.658. The fourth-order valence-corrected chi connectivity index (χ4v) is 3.48. The van der Waals surface area contributed by atoms with E-state index in [-0.39, 0.29) is 23.1 Å². The molecule has 0 unspecified atom stereocenters. The molecule has 3 rings (SSSR count). The second kappa shape index (κ2) is 8.08. The van der Waals surface area contributed by atoms with Crippen LogP contribution in [0.2, 0.25) is 0 Å². The first kappa shape index (κ1) is 18.7. The van der Waals surface area contributed by atoms with Crippen LogP contribution in [-0.2, 0) is 9.53 Å². The Kier molecular flexibility index (Phi) is 5.60. The number of carbonyl (C=O) groups excluding carboxylic acids is 2. The molecule has 2 aromatic rings. The normalized spacial score (nSPS) is 16.6. The standard InChI is InChI=1S/C16H17N5O5S/c1-26-15(23)12-7-11(21(24)25)4-5-13(12)20-6-2-3-10(8-20)14(22)18-16-19-17-9-27-16/h4-5,7,9-10H,2-3,6,8H2,1H3,(H,18,19,22)/t10-/m0/s1. The first-order chi connectivity index (χ1) is 13.0. The Hall–Kier alpha value is -3.08. The van der Waals surface area contributed by atoms with Gasteiger partial charge in [-0.1, -0.05) is 11.3 Å². The van der Waals surface area contributed by atoms with Crippen LogP contribution in [0.15, 0.2) is 23.7 Å². The summed E-state index contributed by atoms with van der Waals surface area (Å²) in [6.45, 7) is 1.01. The summed E-state index contributed by atoms with van der Waals surface area (Å²) in [7, 11) is 1.22. The first-order valence-electron chi connectivity index (χ1n) is 8.18. The lowest BCUT2D eigenvalue weighted by molar-refractivity contribution is -0.384. The Balaban J connectivity index is 1.81. The van der Waals surface area contributed by atoms with Crippen LogP contribution in [0, 0.1) is 16.0 Å². The third-order valence-corrected chi connectivity index (χ3v) is 4.93. The Morgan fingerprint density at radius 3 is 2.93 bits per heavy atom. The number of nitro groups is 1. The van der Waals surface area contributed by atoms with Crippen LogP contribution in [0.5, 0.6) is 0 Å². The van der Waals surface area contributed by atoms with Crippen molar-refractivity contribution in [2.75, 3.05) is 30.4 Å². The van der Waals surface area contributed by atoms with E-state index < -0.39 is 10.9 Å². The Morgan fingerprint density at radius 2 is 2.26 bits per heavy atom. The van der Waals surface area contributed by atoms with Crippen molar-refractivity contribution in [3.63, 3.8) is 0 Å². The van der Waals surface area contributed by atoms with E-state index in [1.54, 1.807) is 0 Å². The molecule has 2 heterocycles. The minimum Gasteiger partial charge on any atom is -0.465 e. The molecular weight excluding hydrogens is 374 g/mol. The largest absolute Gasteiger partial charge is 0.465 e. The maximum atomic E-state index is 12.5. The number of piperidine rings is 1. The quantitative estimate of drug-likeness (QED) is 0.466. The third kappa shape index (κ3) is 4.19. The molecule has 0 radical (unpaired) electrons. The summed E-state index contributed by atoms with van der Waals surface area (Å²) >= 11 is 1.23. The van der Waals surface area contributed by atoms with Crippen LogP contribution in [0.4, 0.5) is 16.5 Å². The predicted molar refractivity (Wildman–Crippen MR) is 97.9 cm³/mol. The van der Waals surface area contributed by atoms with E-state index in [0.29, 0.717) is 30.3 Å². The number of benzene rings is 1. The Morgan fingerprint density at radius 1 is 1.44 bits per heavy atom. The van der Waals surface area contributed by atoms with Crippen molar-refractivity contribution < 1.29 is 19.2 Å². The minimum absolute atomic E-state index is 0.108. The summed E-state index contributed by atoms with van der Waals surface area (Å²) in [5.41, 5.74) is 1.96. The number of carbonyl (C=O) groups is 2. The lowest BCUT2D eigenvalue weighted by Crippen LogP contribution is -2.41. The highest BCUT2D eigenvalue weighted by atomic mass is 32.1. The topological polar surface area (TPSA) is 128 Å². The van der Waals surface area contributed by atoms with E-state index in [0.717, 1.165) is 6.42 Å². The van der Waals surface area contributed by atoms with Crippen LogP contribution in [0.25, 0.3) is 0 Å². The number of non-ortho nitro benzene ring substituents is 1. The molecule has 1 aromatic heterocycles. The van der Waals surface area contributed by atoms with Gasteiger partial charge >= 0.3 is 5.97 Å². The molecule has 1 aliphatic heterocycles. The van der Waals surface area contributed by atoms with E-state index in [1.165, 1.54) is 42.2 Å². The number of rotatable bonds is 5. The summed E-state index contributed by atoms with van der Waals surface area (Å²) in [5.74, 6) is -1.13. The van der Waals surface area contributed by atoms with Crippen LogP contribution in [0.1, 0.15) is 23.2 Å². The lowest BCUT2D eigenvalue weighted by Gasteiger charge is -2.34. The molecule has 1 N–H and O–H groups in total. The highest BCUT2D eigenvalue weighted by Gasteiger charge is 2.29. The number of anilines is 2. The van der Waals surface area contributed by atoms with Crippen molar-refractivity contribution in [1.82, 2.24) is 10.2 Å². The van der Waals surface area contributed by atoms with Crippen molar-refractivity contribution in [2.24, 2.45) is 5.92 Å². The average Bonchev–Trinajstić information content (AvgIpc) is 3.20. The van der Waals surface area contributed by atoms with Gasteiger partial charge in [-0.05, 0) is 18.9 Å². The maximum Gasteiger partial charge on any atom is 0.340 e. The predicted octanol–water partition coefficient (Wildman–Crippen LogP) is 2.09. The molecule has 1 saturated heterocycles. The molecular formula is C16H17N5O5S. The number of esters is 1. The average molecular weight is 391 g/mol. The van der Waals surface area contributed by atoms with Gasteiger partial charge < -0.3 is 15.0 Å². The van der Waals surface area contributed by atoms with Crippen LogP contribution < -0.4 is 10.2 Å².